The Balaban J connectivity index is 2.60. The zero-order valence-electron chi connectivity index (χ0n) is 8.49. The predicted octanol–water partition coefficient (Wildman–Crippen LogP) is 1.70. The number of aromatic nitrogens is 2. The van der Waals surface area contributed by atoms with Crippen molar-refractivity contribution in [2.24, 2.45) is 7.05 Å². The molecule has 0 spiro atoms. The number of benzene rings is 1. The molecule has 2 aromatic rings. The summed E-state index contributed by atoms with van der Waals surface area (Å²) in [6, 6.07) is 5.68. The van der Waals surface area contributed by atoms with E-state index in [0.29, 0.717) is 11.3 Å². The summed E-state index contributed by atoms with van der Waals surface area (Å²) in [6.45, 7) is 0. The van der Waals surface area contributed by atoms with Gasteiger partial charge in [0.1, 0.15) is 5.75 Å². The number of phenols is 1. The lowest BCUT2D eigenvalue weighted by molar-refractivity contribution is -0.384. The van der Waals surface area contributed by atoms with E-state index >= 15 is 0 Å². The van der Waals surface area contributed by atoms with Crippen molar-refractivity contribution in [2.45, 2.75) is 0 Å². The average molecular weight is 219 g/mol. The summed E-state index contributed by atoms with van der Waals surface area (Å²) >= 11 is 0. The van der Waals surface area contributed by atoms with E-state index in [-0.39, 0.29) is 11.4 Å². The van der Waals surface area contributed by atoms with Crippen molar-refractivity contribution in [3.05, 3.63) is 40.6 Å². The quantitative estimate of drug-likeness (QED) is 0.615. The summed E-state index contributed by atoms with van der Waals surface area (Å²) in [5.74, 6) is -0.133. The SMILES string of the molecule is Cn1ccc(-c2ccc(O)cc2[N+](=O)[O-])n1. The molecule has 0 aliphatic rings. The van der Waals surface area contributed by atoms with Crippen molar-refractivity contribution in [2.75, 3.05) is 0 Å². The van der Waals surface area contributed by atoms with Crippen molar-refractivity contribution in [1.82, 2.24) is 9.78 Å². The van der Waals surface area contributed by atoms with Gasteiger partial charge in [0, 0.05) is 13.2 Å². The van der Waals surface area contributed by atoms with Crippen LogP contribution < -0.4 is 0 Å². The minimum Gasteiger partial charge on any atom is -0.508 e. The molecule has 16 heavy (non-hydrogen) atoms. The normalized spacial score (nSPS) is 10.3. The van der Waals surface area contributed by atoms with Gasteiger partial charge in [-0.05, 0) is 18.2 Å². The number of nitrogens with zero attached hydrogens (tertiary/aromatic N) is 3. The number of rotatable bonds is 2. The summed E-state index contributed by atoms with van der Waals surface area (Å²) in [5.41, 5.74) is 0.747. The molecule has 0 aliphatic carbocycles. The molecule has 82 valence electrons. The lowest BCUT2D eigenvalue weighted by atomic mass is 10.1. The average Bonchev–Trinajstić information content (AvgIpc) is 2.64. The molecule has 1 N–H and O–H groups in total. The van der Waals surface area contributed by atoms with Gasteiger partial charge >= 0.3 is 0 Å². The van der Waals surface area contributed by atoms with Crippen molar-refractivity contribution in [3.8, 4) is 17.0 Å². The first-order valence-electron chi connectivity index (χ1n) is 4.55. The molecule has 0 fully saturated rings. The number of hydrogen-bond donors (Lipinski definition) is 1. The number of nitro benzene ring substituents is 1. The summed E-state index contributed by atoms with van der Waals surface area (Å²) in [6.07, 6.45) is 1.70. The first-order chi connectivity index (χ1) is 7.58. The van der Waals surface area contributed by atoms with Gasteiger partial charge in [-0.25, -0.2) is 0 Å². The van der Waals surface area contributed by atoms with Crippen molar-refractivity contribution in [1.29, 1.82) is 0 Å². The number of hydrogen-bond acceptors (Lipinski definition) is 4. The largest absolute Gasteiger partial charge is 0.508 e. The number of aryl methyl sites for hydroxylation is 1. The highest BCUT2D eigenvalue weighted by atomic mass is 16.6. The molecule has 1 aromatic heterocycles. The van der Waals surface area contributed by atoms with Crippen LogP contribution in [0.4, 0.5) is 5.69 Å². The van der Waals surface area contributed by atoms with Gasteiger partial charge in [-0.15, -0.1) is 0 Å². The molecule has 0 saturated heterocycles. The zero-order valence-corrected chi connectivity index (χ0v) is 8.49. The molecule has 6 heteroatoms. The molecule has 0 radical (unpaired) electrons. The topological polar surface area (TPSA) is 81.2 Å². The minimum atomic E-state index is -0.538. The monoisotopic (exact) mass is 219 g/mol. The lowest BCUT2D eigenvalue weighted by Gasteiger charge is -2.00. The van der Waals surface area contributed by atoms with E-state index in [9.17, 15) is 15.2 Å². The van der Waals surface area contributed by atoms with Gasteiger partial charge in [0.2, 0.25) is 0 Å². The molecule has 0 amide bonds. The van der Waals surface area contributed by atoms with Crippen LogP contribution in [0.5, 0.6) is 5.75 Å². The third-order valence-electron chi connectivity index (χ3n) is 2.17. The smallest absolute Gasteiger partial charge is 0.282 e. The van der Waals surface area contributed by atoms with Crippen LogP contribution in [-0.2, 0) is 7.05 Å². The van der Waals surface area contributed by atoms with Crippen LogP contribution in [0.3, 0.4) is 0 Å². The molecule has 0 bridgehead atoms. The maximum absolute atomic E-state index is 10.8. The summed E-state index contributed by atoms with van der Waals surface area (Å²) in [5, 5.41) is 24.1. The van der Waals surface area contributed by atoms with E-state index in [0.717, 1.165) is 6.07 Å². The summed E-state index contributed by atoms with van der Waals surface area (Å²) < 4.78 is 1.56. The Morgan fingerprint density at radius 3 is 2.75 bits per heavy atom. The Hall–Kier alpha value is -2.37. The Morgan fingerprint density at radius 2 is 2.19 bits per heavy atom. The van der Waals surface area contributed by atoms with E-state index in [4.69, 9.17) is 0 Å². The van der Waals surface area contributed by atoms with E-state index in [1.54, 1.807) is 24.0 Å². The fourth-order valence-corrected chi connectivity index (χ4v) is 1.45. The Morgan fingerprint density at radius 1 is 1.44 bits per heavy atom. The Kier molecular flexibility index (Phi) is 2.32. The highest BCUT2D eigenvalue weighted by Crippen LogP contribution is 2.31. The predicted molar refractivity (Wildman–Crippen MR) is 57.0 cm³/mol. The van der Waals surface area contributed by atoms with Gasteiger partial charge in [0.05, 0.1) is 22.2 Å². The first kappa shape index (κ1) is 10.2. The van der Waals surface area contributed by atoms with Crippen molar-refractivity contribution < 1.29 is 10.0 Å². The van der Waals surface area contributed by atoms with Crippen LogP contribution >= 0.6 is 0 Å². The molecule has 0 unspecified atom stereocenters. The molecular formula is C10H9N3O3. The zero-order chi connectivity index (χ0) is 11.7. The van der Waals surface area contributed by atoms with Gasteiger partial charge in [0.25, 0.3) is 5.69 Å². The first-order valence-corrected chi connectivity index (χ1v) is 4.55. The van der Waals surface area contributed by atoms with Gasteiger partial charge < -0.3 is 5.11 Å². The minimum absolute atomic E-state index is 0.133. The third kappa shape index (κ3) is 1.72. The number of nitro groups is 1. The summed E-state index contributed by atoms with van der Waals surface area (Å²) in [4.78, 5) is 10.3. The van der Waals surface area contributed by atoms with Crippen molar-refractivity contribution >= 4 is 5.69 Å². The van der Waals surface area contributed by atoms with E-state index in [2.05, 4.69) is 5.10 Å². The fourth-order valence-electron chi connectivity index (χ4n) is 1.45. The lowest BCUT2D eigenvalue weighted by Crippen LogP contribution is -1.93. The fraction of sp³-hybridized carbons (Fsp3) is 0.100. The van der Waals surface area contributed by atoms with Crippen LogP contribution in [0.1, 0.15) is 0 Å². The number of aromatic hydroxyl groups is 1. The van der Waals surface area contributed by atoms with Gasteiger partial charge in [-0.1, -0.05) is 0 Å². The molecule has 2 rings (SSSR count). The van der Waals surface area contributed by atoms with Gasteiger partial charge in [-0.3, -0.25) is 14.8 Å². The highest BCUT2D eigenvalue weighted by Gasteiger charge is 2.17. The van der Waals surface area contributed by atoms with Crippen molar-refractivity contribution in [3.63, 3.8) is 0 Å². The molecule has 1 aromatic carbocycles. The van der Waals surface area contributed by atoms with E-state index < -0.39 is 4.92 Å². The van der Waals surface area contributed by atoms with Crippen LogP contribution in [0, 0.1) is 10.1 Å². The van der Waals surface area contributed by atoms with E-state index in [1.165, 1.54) is 12.1 Å². The molecule has 1 heterocycles. The second kappa shape index (κ2) is 3.65. The maximum atomic E-state index is 10.8. The molecule has 0 atom stereocenters. The van der Waals surface area contributed by atoms with Gasteiger partial charge in [-0.2, -0.15) is 5.10 Å². The van der Waals surface area contributed by atoms with Crippen LogP contribution in [0.25, 0.3) is 11.3 Å². The molecule has 6 nitrogen and oxygen atoms in total. The second-order valence-electron chi connectivity index (χ2n) is 3.33. The molecule has 0 saturated carbocycles. The van der Waals surface area contributed by atoms with E-state index in [1.807, 2.05) is 0 Å². The highest BCUT2D eigenvalue weighted by molar-refractivity contribution is 5.71. The summed E-state index contributed by atoms with van der Waals surface area (Å²) in [7, 11) is 1.73. The second-order valence-corrected chi connectivity index (χ2v) is 3.33. The molecular weight excluding hydrogens is 210 g/mol. The van der Waals surface area contributed by atoms with Crippen LogP contribution in [0.2, 0.25) is 0 Å². The Labute approximate surface area is 90.9 Å². The van der Waals surface area contributed by atoms with Crippen LogP contribution in [-0.4, -0.2) is 19.8 Å². The van der Waals surface area contributed by atoms with Crippen LogP contribution in [0.15, 0.2) is 30.5 Å². The third-order valence-corrected chi connectivity index (χ3v) is 2.17. The van der Waals surface area contributed by atoms with Gasteiger partial charge in [0.15, 0.2) is 0 Å². The Bertz CT molecular complexity index is 548. The number of phenolic OH excluding ortho intramolecular Hbond substituents is 1. The standard InChI is InChI=1S/C10H9N3O3/c1-12-5-4-9(11-12)8-3-2-7(14)6-10(8)13(15)16/h2-6,14H,1H3. The molecule has 0 aliphatic heterocycles. The maximum Gasteiger partial charge on any atom is 0.282 e.